The Balaban J connectivity index is 0.000000487. The monoisotopic (exact) mass is 384 g/mol. The van der Waals surface area contributed by atoms with E-state index in [0.29, 0.717) is 5.92 Å². The van der Waals surface area contributed by atoms with Crippen molar-refractivity contribution in [3.63, 3.8) is 0 Å². The van der Waals surface area contributed by atoms with Gasteiger partial charge < -0.3 is 15.5 Å². The summed E-state index contributed by atoms with van der Waals surface area (Å²) in [5.74, 6) is -2.65. The number of nitrogens with zero attached hydrogens (tertiary/aromatic N) is 1. The largest absolute Gasteiger partial charge is 0.473 e. The van der Waals surface area contributed by atoms with E-state index in [4.69, 9.17) is 19.8 Å². The fourth-order valence-electron chi connectivity index (χ4n) is 2.57. The Morgan fingerprint density at radius 2 is 1.81 bits per heavy atom. The summed E-state index contributed by atoms with van der Waals surface area (Å²) < 4.78 is 0. The minimum Gasteiger partial charge on any atom is -0.473 e. The molecular weight excluding hydrogens is 356 g/mol. The van der Waals surface area contributed by atoms with Gasteiger partial charge in [-0.2, -0.15) is 0 Å². The average molecular weight is 384 g/mol. The molecule has 0 atom stereocenters. The number of thiophene rings is 1. The molecule has 0 saturated carbocycles. The lowest BCUT2D eigenvalue weighted by Crippen LogP contribution is -2.41. The number of aliphatic carboxylic acids is 2. The van der Waals surface area contributed by atoms with Crippen LogP contribution in [0.1, 0.15) is 37.1 Å². The highest BCUT2D eigenvalue weighted by molar-refractivity contribution is 7.10. The zero-order valence-corrected chi connectivity index (χ0v) is 16.3. The first-order valence-corrected chi connectivity index (χ1v) is 9.57. The molecule has 0 unspecified atom stereocenters. The molecule has 0 radical (unpaired) electrons. The number of hydrogen-bond donors (Lipinski definition) is 3. The molecule has 0 bridgehead atoms. The van der Waals surface area contributed by atoms with Gasteiger partial charge in [-0.3, -0.25) is 9.69 Å². The molecule has 26 heavy (non-hydrogen) atoms. The molecule has 1 aromatic rings. The topological polar surface area (TPSA) is 107 Å². The number of carboxylic acid groups (broad SMARTS) is 2. The van der Waals surface area contributed by atoms with Gasteiger partial charge in [0.15, 0.2) is 0 Å². The third kappa shape index (κ3) is 7.97. The fourth-order valence-corrected chi connectivity index (χ4v) is 3.52. The smallest absolute Gasteiger partial charge is 0.414 e. The maximum Gasteiger partial charge on any atom is 0.414 e. The first-order chi connectivity index (χ1) is 12.2. The molecule has 0 aromatic carbocycles. The van der Waals surface area contributed by atoms with Gasteiger partial charge in [0.25, 0.3) is 0 Å². The molecule has 0 spiro atoms. The first-order valence-electron chi connectivity index (χ1n) is 8.70. The molecule has 3 N–H and O–H groups in total. The molecule has 8 heteroatoms. The minimum absolute atomic E-state index is 0.217. The second-order valence-corrected chi connectivity index (χ2v) is 7.83. The van der Waals surface area contributed by atoms with E-state index >= 15 is 0 Å². The number of rotatable bonds is 5. The van der Waals surface area contributed by atoms with Gasteiger partial charge >= 0.3 is 11.9 Å². The summed E-state index contributed by atoms with van der Waals surface area (Å²) in [7, 11) is 0. The number of nitrogens with one attached hydrogen (secondary N) is 1. The highest BCUT2D eigenvalue weighted by Gasteiger charge is 2.25. The quantitative estimate of drug-likeness (QED) is 0.672. The van der Waals surface area contributed by atoms with Gasteiger partial charge in [0.2, 0.25) is 5.91 Å². The van der Waals surface area contributed by atoms with E-state index in [0.717, 1.165) is 39.0 Å². The van der Waals surface area contributed by atoms with E-state index in [2.05, 4.69) is 42.4 Å². The van der Waals surface area contributed by atoms with Crippen molar-refractivity contribution in [3.05, 3.63) is 21.9 Å². The summed E-state index contributed by atoms with van der Waals surface area (Å²) >= 11 is 1.84. The third-order valence-electron chi connectivity index (χ3n) is 4.16. The zero-order chi connectivity index (χ0) is 19.7. The van der Waals surface area contributed by atoms with Crippen LogP contribution in [0.2, 0.25) is 0 Å². The Morgan fingerprint density at radius 1 is 1.23 bits per heavy atom. The average Bonchev–Trinajstić information content (AvgIpc) is 2.98. The van der Waals surface area contributed by atoms with Gasteiger partial charge in [-0.1, -0.05) is 13.8 Å². The van der Waals surface area contributed by atoms with Crippen LogP contribution in [-0.4, -0.2) is 52.6 Å². The van der Waals surface area contributed by atoms with Crippen molar-refractivity contribution in [2.75, 3.05) is 19.6 Å². The van der Waals surface area contributed by atoms with E-state index in [9.17, 15) is 4.79 Å². The summed E-state index contributed by atoms with van der Waals surface area (Å²) in [6.07, 6.45) is 1.99. The number of carboxylic acids is 2. The van der Waals surface area contributed by atoms with Crippen LogP contribution in [0, 0.1) is 18.8 Å². The molecule has 1 aromatic heterocycles. The number of carbonyl (C=O) groups excluding carboxylic acids is 1. The Labute approximate surface area is 158 Å². The highest BCUT2D eigenvalue weighted by Crippen LogP contribution is 2.23. The van der Waals surface area contributed by atoms with E-state index in [1.165, 1.54) is 10.4 Å². The van der Waals surface area contributed by atoms with Crippen molar-refractivity contribution in [2.24, 2.45) is 11.8 Å². The molecule has 1 fully saturated rings. The van der Waals surface area contributed by atoms with Crippen LogP contribution in [-0.2, 0) is 20.9 Å². The molecule has 1 aliphatic heterocycles. The van der Waals surface area contributed by atoms with Crippen molar-refractivity contribution in [2.45, 2.75) is 40.2 Å². The summed E-state index contributed by atoms with van der Waals surface area (Å²) in [6.45, 7) is 10.4. The van der Waals surface area contributed by atoms with Crippen molar-refractivity contribution >= 4 is 29.2 Å². The molecule has 2 rings (SSSR count). The van der Waals surface area contributed by atoms with E-state index in [1.807, 2.05) is 11.3 Å². The van der Waals surface area contributed by atoms with Crippen molar-refractivity contribution < 1.29 is 24.6 Å². The summed E-state index contributed by atoms with van der Waals surface area (Å²) in [5, 5.41) is 20.0. The van der Waals surface area contributed by atoms with Crippen LogP contribution in [0.25, 0.3) is 0 Å². The summed E-state index contributed by atoms with van der Waals surface area (Å²) in [4.78, 5) is 34.2. The van der Waals surface area contributed by atoms with Crippen LogP contribution in [0.15, 0.2) is 11.4 Å². The van der Waals surface area contributed by atoms with E-state index < -0.39 is 11.9 Å². The predicted octanol–water partition coefficient (Wildman–Crippen LogP) is 2.20. The van der Waals surface area contributed by atoms with Crippen molar-refractivity contribution in [1.29, 1.82) is 0 Å². The summed E-state index contributed by atoms with van der Waals surface area (Å²) in [5.41, 5.74) is 1.40. The highest BCUT2D eigenvalue weighted by atomic mass is 32.1. The van der Waals surface area contributed by atoms with Crippen LogP contribution in [0.5, 0.6) is 0 Å². The Hall–Kier alpha value is -1.93. The zero-order valence-electron chi connectivity index (χ0n) is 15.5. The fraction of sp³-hybridized carbons (Fsp3) is 0.611. The molecule has 1 amide bonds. The lowest BCUT2D eigenvalue weighted by atomic mass is 9.95. The number of hydrogen-bond acceptors (Lipinski definition) is 5. The van der Waals surface area contributed by atoms with Crippen LogP contribution in [0.4, 0.5) is 0 Å². The number of carbonyl (C=O) groups is 3. The first kappa shape index (κ1) is 22.1. The number of aryl methyl sites for hydroxylation is 1. The molecule has 146 valence electrons. The molecule has 1 saturated heterocycles. The lowest BCUT2D eigenvalue weighted by Gasteiger charge is -2.31. The van der Waals surface area contributed by atoms with Crippen LogP contribution < -0.4 is 5.32 Å². The second kappa shape index (κ2) is 10.9. The number of likely N-dealkylation sites (tertiary alicyclic amines) is 1. The van der Waals surface area contributed by atoms with Gasteiger partial charge in [0.05, 0.1) is 0 Å². The van der Waals surface area contributed by atoms with Crippen LogP contribution in [0.3, 0.4) is 0 Å². The van der Waals surface area contributed by atoms with Crippen molar-refractivity contribution in [1.82, 2.24) is 10.2 Å². The molecular formula is C18H28N2O5S. The number of amides is 1. The van der Waals surface area contributed by atoms with E-state index in [-0.39, 0.29) is 11.8 Å². The minimum atomic E-state index is -1.82. The predicted molar refractivity (Wildman–Crippen MR) is 100 cm³/mol. The normalized spacial score (nSPS) is 15.2. The maximum atomic E-state index is 12.1. The van der Waals surface area contributed by atoms with E-state index in [1.54, 1.807) is 0 Å². The van der Waals surface area contributed by atoms with Crippen molar-refractivity contribution in [3.8, 4) is 0 Å². The Morgan fingerprint density at radius 3 is 2.23 bits per heavy atom. The van der Waals surface area contributed by atoms with Gasteiger partial charge in [0.1, 0.15) is 0 Å². The second-order valence-electron chi connectivity index (χ2n) is 6.83. The van der Waals surface area contributed by atoms with Gasteiger partial charge in [-0.25, -0.2) is 9.59 Å². The molecule has 2 heterocycles. The Kier molecular flexibility index (Phi) is 9.29. The Bertz CT molecular complexity index is 594. The molecule has 0 aliphatic carbocycles. The maximum absolute atomic E-state index is 12.1. The third-order valence-corrected chi connectivity index (χ3v) is 5.17. The standard InChI is InChI=1S/C16H26N2OS.C2H2O4/c1-12(2)10-17-16(19)14-4-7-18(8-5-14)11-15-13(3)6-9-20-15;3-1(4)2(5)6/h6,9,12,14H,4-5,7-8,10-11H2,1-3H3,(H,17,19);(H,3,4)(H,5,6). The number of piperidine rings is 1. The van der Waals surface area contributed by atoms with Gasteiger partial charge in [-0.05, 0) is 55.8 Å². The SMILES string of the molecule is Cc1ccsc1CN1CCC(C(=O)NCC(C)C)CC1.O=C(O)C(=O)O. The molecule has 7 nitrogen and oxygen atoms in total. The van der Waals surface area contributed by atoms with Crippen LogP contribution >= 0.6 is 11.3 Å². The van der Waals surface area contributed by atoms with Gasteiger partial charge in [-0.15, -0.1) is 11.3 Å². The van der Waals surface area contributed by atoms with Gasteiger partial charge in [0, 0.05) is 23.9 Å². The molecule has 1 aliphatic rings. The lowest BCUT2D eigenvalue weighted by molar-refractivity contribution is -0.159. The summed E-state index contributed by atoms with van der Waals surface area (Å²) in [6, 6.07) is 2.19.